The van der Waals surface area contributed by atoms with Gasteiger partial charge >= 0.3 is 0 Å². The van der Waals surface area contributed by atoms with Crippen molar-refractivity contribution < 1.29 is 9.47 Å². The molecule has 20 heavy (non-hydrogen) atoms. The molecule has 0 radical (unpaired) electrons. The van der Waals surface area contributed by atoms with E-state index in [4.69, 9.17) is 15.2 Å². The topological polar surface area (TPSA) is 66.5 Å². The SMILES string of the molecule is CCn1c(-c2ccc(OC)cc2OC)ccc(N)c1=O. The summed E-state index contributed by atoms with van der Waals surface area (Å²) < 4.78 is 12.2. The lowest BCUT2D eigenvalue weighted by Crippen LogP contribution is -2.23. The minimum atomic E-state index is -0.192. The third kappa shape index (κ3) is 2.34. The molecular formula is C15H18N2O3. The van der Waals surface area contributed by atoms with E-state index in [0.29, 0.717) is 18.0 Å². The Morgan fingerprint density at radius 2 is 1.90 bits per heavy atom. The fourth-order valence-corrected chi connectivity index (χ4v) is 2.15. The van der Waals surface area contributed by atoms with E-state index in [9.17, 15) is 4.79 Å². The smallest absolute Gasteiger partial charge is 0.274 e. The van der Waals surface area contributed by atoms with E-state index in [1.54, 1.807) is 30.9 Å². The molecule has 0 saturated heterocycles. The molecule has 106 valence electrons. The van der Waals surface area contributed by atoms with Gasteiger partial charge in [0.1, 0.15) is 11.5 Å². The molecule has 1 heterocycles. The van der Waals surface area contributed by atoms with Crippen LogP contribution in [-0.2, 0) is 6.54 Å². The van der Waals surface area contributed by atoms with Crippen molar-refractivity contribution >= 4 is 5.69 Å². The zero-order valence-electron chi connectivity index (χ0n) is 11.8. The van der Waals surface area contributed by atoms with Crippen molar-refractivity contribution in [1.29, 1.82) is 0 Å². The van der Waals surface area contributed by atoms with Crippen LogP contribution in [0.4, 0.5) is 5.69 Å². The molecule has 0 spiro atoms. The Balaban J connectivity index is 2.68. The van der Waals surface area contributed by atoms with E-state index in [-0.39, 0.29) is 11.2 Å². The minimum Gasteiger partial charge on any atom is -0.497 e. The number of nitrogen functional groups attached to an aromatic ring is 1. The second-order valence-corrected chi connectivity index (χ2v) is 4.29. The number of benzene rings is 1. The van der Waals surface area contributed by atoms with Crippen LogP contribution >= 0.6 is 0 Å². The Hall–Kier alpha value is -2.43. The molecule has 0 aliphatic heterocycles. The molecule has 0 unspecified atom stereocenters. The molecule has 0 amide bonds. The van der Waals surface area contributed by atoms with Crippen molar-refractivity contribution in [3.63, 3.8) is 0 Å². The monoisotopic (exact) mass is 274 g/mol. The molecule has 0 saturated carbocycles. The third-order valence-electron chi connectivity index (χ3n) is 3.20. The van der Waals surface area contributed by atoms with Crippen LogP contribution in [0.3, 0.4) is 0 Å². The number of nitrogens with two attached hydrogens (primary N) is 1. The molecule has 5 heteroatoms. The molecule has 2 aromatic rings. The molecule has 1 aromatic carbocycles. The Morgan fingerprint density at radius 1 is 1.15 bits per heavy atom. The first-order valence-corrected chi connectivity index (χ1v) is 6.34. The summed E-state index contributed by atoms with van der Waals surface area (Å²) in [6, 6.07) is 8.93. The highest BCUT2D eigenvalue weighted by molar-refractivity contribution is 5.70. The van der Waals surface area contributed by atoms with Crippen LogP contribution in [0.5, 0.6) is 11.5 Å². The highest BCUT2D eigenvalue weighted by Gasteiger charge is 2.13. The summed E-state index contributed by atoms with van der Waals surface area (Å²) in [5.41, 5.74) is 7.32. The predicted octanol–water partition coefficient (Wildman–Crippen LogP) is 2.13. The van der Waals surface area contributed by atoms with Gasteiger partial charge in [-0.15, -0.1) is 0 Å². The molecule has 0 aliphatic carbocycles. The number of pyridine rings is 1. The number of anilines is 1. The van der Waals surface area contributed by atoms with E-state index >= 15 is 0 Å². The average molecular weight is 274 g/mol. The maximum atomic E-state index is 12.1. The summed E-state index contributed by atoms with van der Waals surface area (Å²) in [6.45, 7) is 2.44. The quantitative estimate of drug-likeness (QED) is 0.927. The number of methoxy groups -OCH3 is 2. The predicted molar refractivity (Wildman–Crippen MR) is 79.3 cm³/mol. The van der Waals surface area contributed by atoms with Gasteiger partial charge in [-0.2, -0.15) is 0 Å². The molecule has 2 N–H and O–H groups in total. The maximum absolute atomic E-state index is 12.1. The number of rotatable bonds is 4. The Bertz CT molecular complexity index is 677. The normalized spacial score (nSPS) is 10.3. The molecule has 5 nitrogen and oxygen atoms in total. The van der Waals surface area contributed by atoms with E-state index in [0.717, 1.165) is 11.3 Å². The second kappa shape index (κ2) is 5.69. The number of nitrogens with zero attached hydrogens (tertiary/aromatic N) is 1. The molecule has 0 bridgehead atoms. The standard InChI is InChI=1S/C15H18N2O3/c1-4-17-13(8-7-12(16)15(17)18)11-6-5-10(19-2)9-14(11)20-3/h5-9H,4,16H2,1-3H3. The Labute approximate surface area is 117 Å². The molecular weight excluding hydrogens is 256 g/mol. The first-order valence-electron chi connectivity index (χ1n) is 6.34. The van der Waals surface area contributed by atoms with Gasteiger partial charge in [0.05, 0.1) is 25.6 Å². The van der Waals surface area contributed by atoms with E-state index in [2.05, 4.69) is 0 Å². The molecule has 1 aromatic heterocycles. The van der Waals surface area contributed by atoms with Crippen LogP contribution in [-0.4, -0.2) is 18.8 Å². The number of hydrogen-bond donors (Lipinski definition) is 1. The molecule has 0 aliphatic rings. The molecule has 2 rings (SSSR count). The lowest BCUT2D eigenvalue weighted by atomic mass is 10.1. The first kappa shape index (κ1) is 14.0. The highest BCUT2D eigenvalue weighted by atomic mass is 16.5. The van der Waals surface area contributed by atoms with Gasteiger partial charge in [0.25, 0.3) is 5.56 Å². The van der Waals surface area contributed by atoms with Gasteiger partial charge in [0.2, 0.25) is 0 Å². The minimum absolute atomic E-state index is 0.192. The fourth-order valence-electron chi connectivity index (χ4n) is 2.15. The maximum Gasteiger partial charge on any atom is 0.274 e. The van der Waals surface area contributed by atoms with E-state index < -0.39 is 0 Å². The third-order valence-corrected chi connectivity index (χ3v) is 3.20. The van der Waals surface area contributed by atoms with Gasteiger partial charge in [-0.1, -0.05) is 0 Å². The van der Waals surface area contributed by atoms with Crippen molar-refractivity contribution in [2.75, 3.05) is 20.0 Å². The van der Waals surface area contributed by atoms with Crippen molar-refractivity contribution in [3.8, 4) is 22.8 Å². The van der Waals surface area contributed by atoms with Gasteiger partial charge in [0, 0.05) is 18.2 Å². The lowest BCUT2D eigenvalue weighted by Gasteiger charge is -2.15. The number of ether oxygens (including phenoxy) is 2. The second-order valence-electron chi connectivity index (χ2n) is 4.29. The van der Waals surface area contributed by atoms with Crippen LogP contribution < -0.4 is 20.8 Å². The van der Waals surface area contributed by atoms with Crippen LogP contribution in [0, 0.1) is 0 Å². The van der Waals surface area contributed by atoms with Crippen LogP contribution in [0.2, 0.25) is 0 Å². The van der Waals surface area contributed by atoms with Gasteiger partial charge in [-0.3, -0.25) is 4.79 Å². The largest absolute Gasteiger partial charge is 0.497 e. The summed E-state index contributed by atoms with van der Waals surface area (Å²) in [5, 5.41) is 0. The summed E-state index contributed by atoms with van der Waals surface area (Å²) in [4.78, 5) is 12.1. The number of hydrogen-bond acceptors (Lipinski definition) is 4. The van der Waals surface area contributed by atoms with E-state index in [1.165, 1.54) is 0 Å². The van der Waals surface area contributed by atoms with Crippen molar-refractivity contribution in [1.82, 2.24) is 4.57 Å². The summed E-state index contributed by atoms with van der Waals surface area (Å²) in [5.74, 6) is 1.35. The van der Waals surface area contributed by atoms with E-state index in [1.807, 2.05) is 25.1 Å². The van der Waals surface area contributed by atoms with Gasteiger partial charge < -0.3 is 19.8 Å². The zero-order chi connectivity index (χ0) is 14.7. The van der Waals surface area contributed by atoms with Crippen molar-refractivity contribution in [3.05, 3.63) is 40.7 Å². The summed E-state index contributed by atoms with van der Waals surface area (Å²) >= 11 is 0. The van der Waals surface area contributed by atoms with Gasteiger partial charge in [-0.05, 0) is 31.2 Å². The summed E-state index contributed by atoms with van der Waals surface area (Å²) in [7, 11) is 3.18. The van der Waals surface area contributed by atoms with Gasteiger partial charge in [-0.25, -0.2) is 0 Å². The van der Waals surface area contributed by atoms with Crippen molar-refractivity contribution in [2.24, 2.45) is 0 Å². The number of aromatic nitrogens is 1. The first-order chi connectivity index (χ1) is 9.62. The molecule has 0 atom stereocenters. The highest BCUT2D eigenvalue weighted by Crippen LogP contribution is 2.32. The van der Waals surface area contributed by atoms with Gasteiger partial charge in [0.15, 0.2) is 0 Å². The lowest BCUT2D eigenvalue weighted by molar-refractivity contribution is 0.395. The molecule has 0 fully saturated rings. The fraction of sp³-hybridized carbons (Fsp3) is 0.267. The Kier molecular flexibility index (Phi) is 3.98. The Morgan fingerprint density at radius 3 is 2.50 bits per heavy atom. The zero-order valence-corrected chi connectivity index (χ0v) is 11.8. The average Bonchev–Trinajstić information content (AvgIpc) is 2.49. The van der Waals surface area contributed by atoms with Crippen LogP contribution in [0.15, 0.2) is 35.1 Å². The van der Waals surface area contributed by atoms with Crippen LogP contribution in [0.25, 0.3) is 11.3 Å². The van der Waals surface area contributed by atoms with Crippen LogP contribution in [0.1, 0.15) is 6.92 Å². The van der Waals surface area contributed by atoms with Crippen molar-refractivity contribution in [2.45, 2.75) is 13.5 Å². The summed E-state index contributed by atoms with van der Waals surface area (Å²) in [6.07, 6.45) is 0.